The Hall–Kier alpha value is -1.88. The van der Waals surface area contributed by atoms with Crippen LogP contribution in [0.25, 0.3) is 10.9 Å². The number of ether oxygens (including phenoxy) is 1. The fraction of sp³-hybridized carbons (Fsp3) is 0.500. The summed E-state index contributed by atoms with van der Waals surface area (Å²) >= 11 is 0. The van der Waals surface area contributed by atoms with Crippen LogP contribution in [0.5, 0.6) is 0 Å². The summed E-state index contributed by atoms with van der Waals surface area (Å²) in [5.74, 6) is 1.78. The number of nitrogens with zero attached hydrogens (tertiary/aromatic N) is 3. The quantitative estimate of drug-likeness (QED) is 0.827. The Balaban J connectivity index is 1.87. The molecule has 112 valence electrons. The van der Waals surface area contributed by atoms with Gasteiger partial charge < -0.3 is 15.0 Å². The lowest BCUT2D eigenvalue weighted by molar-refractivity contribution is 0.197. The number of para-hydroxylation sites is 1. The molecule has 3 rings (SSSR count). The Labute approximate surface area is 125 Å². The predicted molar refractivity (Wildman–Crippen MR) is 86.0 cm³/mol. The zero-order valence-corrected chi connectivity index (χ0v) is 12.5. The van der Waals surface area contributed by atoms with Crippen LogP contribution in [0.4, 0.5) is 11.8 Å². The molecule has 2 heterocycles. The van der Waals surface area contributed by atoms with Gasteiger partial charge in [0.05, 0.1) is 5.52 Å². The van der Waals surface area contributed by atoms with E-state index in [2.05, 4.69) is 33.4 Å². The molecule has 5 nitrogen and oxygen atoms in total. The third kappa shape index (κ3) is 3.24. The van der Waals surface area contributed by atoms with Gasteiger partial charge in [-0.05, 0) is 31.4 Å². The molecule has 1 aromatic heterocycles. The molecule has 1 aliphatic rings. The van der Waals surface area contributed by atoms with E-state index in [1.165, 1.54) is 12.8 Å². The van der Waals surface area contributed by atoms with Gasteiger partial charge in [0.25, 0.3) is 0 Å². The number of hydrogen-bond donors (Lipinski definition) is 1. The van der Waals surface area contributed by atoms with Crippen LogP contribution < -0.4 is 10.2 Å². The first-order chi connectivity index (χ1) is 10.4. The maximum Gasteiger partial charge on any atom is 0.225 e. The van der Waals surface area contributed by atoms with Crippen molar-refractivity contribution in [2.75, 3.05) is 43.6 Å². The summed E-state index contributed by atoms with van der Waals surface area (Å²) in [6, 6.07) is 8.24. The maximum absolute atomic E-state index is 5.07. The first kappa shape index (κ1) is 14.1. The van der Waals surface area contributed by atoms with Crippen LogP contribution >= 0.6 is 0 Å². The van der Waals surface area contributed by atoms with Gasteiger partial charge in [-0.15, -0.1) is 0 Å². The van der Waals surface area contributed by atoms with Gasteiger partial charge in [0.1, 0.15) is 5.82 Å². The molecule has 2 aromatic rings. The summed E-state index contributed by atoms with van der Waals surface area (Å²) < 4.78 is 5.07. The van der Waals surface area contributed by atoms with Crippen LogP contribution in [0.3, 0.4) is 0 Å². The molecule has 5 heteroatoms. The lowest BCUT2D eigenvalue weighted by Gasteiger charge is -2.19. The minimum absolute atomic E-state index is 0.715. The van der Waals surface area contributed by atoms with E-state index < -0.39 is 0 Å². The van der Waals surface area contributed by atoms with Crippen LogP contribution in [-0.2, 0) is 4.74 Å². The Morgan fingerprint density at radius 1 is 1.19 bits per heavy atom. The van der Waals surface area contributed by atoms with E-state index in [9.17, 15) is 0 Å². The average molecular weight is 286 g/mol. The van der Waals surface area contributed by atoms with Gasteiger partial charge in [0, 0.05) is 38.7 Å². The van der Waals surface area contributed by atoms with E-state index in [1.807, 2.05) is 6.07 Å². The van der Waals surface area contributed by atoms with E-state index in [0.29, 0.717) is 5.95 Å². The molecule has 0 atom stereocenters. The normalized spacial score (nSPS) is 14.8. The first-order valence-electron chi connectivity index (χ1n) is 7.63. The van der Waals surface area contributed by atoms with E-state index in [0.717, 1.165) is 49.4 Å². The largest absolute Gasteiger partial charge is 0.385 e. The molecule has 1 saturated heterocycles. The van der Waals surface area contributed by atoms with Crippen LogP contribution in [0.2, 0.25) is 0 Å². The second kappa shape index (κ2) is 6.72. The first-order valence-corrected chi connectivity index (χ1v) is 7.63. The average Bonchev–Trinajstić information content (AvgIpc) is 3.05. The van der Waals surface area contributed by atoms with Gasteiger partial charge in [-0.3, -0.25) is 0 Å². The molecule has 0 radical (unpaired) electrons. The number of fused-ring (bicyclic) bond motifs is 1. The summed E-state index contributed by atoms with van der Waals surface area (Å²) in [6.45, 7) is 3.75. The smallest absolute Gasteiger partial charge is 0.225 e. The molecule has 1 aliphatic heterocycles. The monoisotopic (exact) mass is 286 g/mol. The minimum Gasteiger partial charge on any atom is -0.385 e. The molecule has 21 heavy (non-hydrogen) atoms. The van der Waals surface area contributed by atoms with Crippen molar-refractivity contribution < 1.29 is 4.74 Å². The number of rotatable bonds is 6. The van der Waals surface area contributed by atoms with Gasteiger partial charge >= 0.3 is 0 Å². The highest BCUT2D eigenvalue weighted by molar-refractivity contribution is 5.90. The molecule has 1 fully saturated rings. The summed E-state index contributed by atoms with van der Waals surface area (Å²) in [4.78, 5) is 11.7. The number of anilines is 2. The molecule has 0 unspecified atom stereocenters. The summed E-state index contributed by atoms with van der Waals surface area (Å²) in [7, 11) is 1.72. The van der Waals surface area contributed by atoms with Crippen molar-refractivity contribution in [2.24, 2.45) is 0 Å². The van der Waals surface area contributed by atoms with Crippen molar-refractivity contribution >= 4 is 22.7 Å². The fourth-order valence-corrected chi connectivity index (χ4v) is 2.73. The Bertz CT molecular complexity index is 596. The fourth-order valence-electron chi connectivity index (χ4n) is 2.73. The highest BCUT2D eigenvalue weighted by Gasteiger charge is 2.17. The number of nitrogens with one attached hydrogen (secondary N) is 1. The second-order valence-corrected chi connectivity index (χ2v) is 5.36. The van der Waals surface area contributed by atoms with E-state index >= 15 is 0 Å². The second-order valence-electron chi connectivity index (χ2n) is 5.36. The number of hydrogen-bond acceptors (Lipinski definition) is 5. The van der Waals surface area contributed by atoms with Gasteiger partial charge in [-0.1, -0.05) is 12.1 Å². The van der Waals surface area contributed by atoms with Crippen molar-refractivity contribution in [1.82, 2.24) is 9.97 Å². The van der Waals surface area contributed by atoms with E-state index in [4.69, 9.17) is 9.72 Å². The Morgan fingerprint density at radius 3 is 2.81 bits per heavy atom. The lowest BCUT2D eigenvalue weighted by Crippen LogP contribution is -2.20. The van der Waals surface area contributed by atoms with Gasteiger partial charge in [0.2, 0.25) is 5.95 Å². The predicted octanol–water partition coefficient (Wildman–Crippen LogP) is 2.68. The molecular formula is C16H22N4O. The zero-order valence-electron chi connectivity index (χ0n) is 12.5. The molecule has 1 N–H and O–H groups in total. The topological polar surface area (TPSA) is 50.3 Å². The minimum atomic E-state index is 0.715. The van der Waals surface area contributed by atoms with E-state index in [1.54, 1.807) is 7.11 Å². The third-order valence-corrected chi connectivity index (χ3v) is 3.80. The van der Waals surface area contributed by atoms with Crippen LogP contribution in [0, 0.1) is 0 Å². The standard InChI is InChI=1S/C16H22N4O/c1-21-12-6-9-17-16-18-14-8-3-2-7-13(14)15(19-16)20-10-4-5-11-20/h2-3,7-8H,4-6,9-12H2,1H3,(H,17,18,19). The van der Waals surface area contributed by atoms with Crippen molar-refractivity contribution in [3.05, 3.63) is 24.3 Å². The van der Waals surface area contributed by atoms with Crippen molar-refractivity contribution in [3.63, 3.8) is 0 Å². The lowest BCUT2D eigenvalue weighted by atomic mass is 10.2. The Kier molecular flexibility index (Phi) is 4.50. The van der Waals surface area contributed by atoms with Crippen LogP contribution in [0.15, 0.2) is 24.3 Å². The number of methoxy groups -OCH3 is 1. The van der Waals surface area contributed by atoms with Gasteiger partial charge in [0.15, 0.2) is 0 Å². The molecule has 0 amide bonds. The van der Waals surface area contributed by atoms with Crippen molar-refractivity contribution in [2.45, 2.75) is 19.3 Å². The highest BCUT2D eigenvalue weighted by Crippen LogP contribution is 2.27. The summed E-state index contributed by atoms with van der Waals surface area (Å²) in [5.41, 5.74) is 1.00. The van der Waals surface area contributed by atoms with Crippen LogP contribution in [-0.4, -0.2) is 43.3 Å². The molecule has 0 bridgehead atoms. The number of benzene rings is 1. The van der Waals surface area contributed by atoms with E-state index in [-0.39, 0.29) is 0 Å². The summed E-state index contributed by atoms with van der Waals surface area (Å²) in [5, 5.41) is 4.45. The third-order valence-electron chi connectivity index (χ3n) is 3.80. The SMILES string of the molecule is COCCCNc1nc(N2CCCC2)c2ccccc2n1. The Morgan fingerprint density at radius 2 is 2.00 bits per heavy atom. The summed E-state index contributed by atoms with van der Waals surface area (Å²) in [6.07, 6.45) is 3.44. The molecule has 1 aromatic carbocycles. The van der Waals surface area contributed by atoms with Gasteiger partial charge in [-0.25, -0.2) is 4.98 Å². The highest BCUT2D eigenvalue weighted by atomic mass is 16.5. The molecule has 0 spiro atoms. The number of aromatic nitrogens is 2. The molecule has 0 saturated carbocycles. The maximum atomic E-state index is 5.07. The molecular weight excluding hydrogens is 264 g/mol. The van der Waals surface area contributed by atoms with Gasteiger partial charge in [-0.2, -0.15) is 4.98 Å². The molecule has 0 aliphatic carbocycles. The van der Waals surface area contributed by atoms with Crippen LogP contribution in [0.1, 0.15) is 19.3 Å². The van der Waals surface area contributed by atoms with Crippen molar-refractivity contribution in [3.8, 4) is 0 Å². The van der Waals surface area contributed by atoms with Crippen molar-refractivity contribution in [1.29, 1.82) is 0 Å². The zero-order chi connectivity index (χ0) is 14.5.